The average molecular weight is 399 g/mol. The first-order chi connectivity index (χ1) is 12.0. The summed E-state index contributed by atoms with van der Waals surface area (Å²) in [7, 11) is 0. The van der Waals surface area contributed by atoms with Crippen LogP contribution in [0.5, 0.6) is 0 Å². The van der Waals surface area contributed by atoms with Gasteiger partial charge in [0.1, 0.15) is 0 Å². The van der Waals surface area contributed by atoms with Crippen LogP contribution in [0.25, 0.3) is 0 Å². The minimum absolute atomic E-state index is 0.00321. The van der Waals surface area contributed by atoms with E-state index in [0.29, 0.717) is 17.8 Å². The summed E-state index contributed by atoms with van der Waals surface area (Å²) in [4.78, 5) is 32.2. The second-order valence-corrected chi connectivity index (χ2v) is 7.27. The van der Waals surface area contributed by atoms with Crippen LogP contribution in [0.4, 0.5) is 5.69 Å². The smallest absolute Gasteiger partial charge is 0.281 e. The van der Waals surface area contributed by atoms with Crippen molar-refractivity contribution >= 4 is 39.1 Å². The molecule has 25 heavy (non-hydrogen) atoms. The van der Waals surface area contributed by atoms with E-state index in [9.17, 15) is 9.59 Å². The van der Waals surface area contributed by atoms with Gasteiger partial charge in [0.05, 0.1) is 17.8 Å². The summed E-state index contributed by atoms with van der Waals surface area (Å²) in [5, 5.41) is 4.10. The predicted octanol–water partition coefficient (Wildman–Crippen LogP) is 3.58. The average Bonchev–Trinajstić information content (AvgIpc) is 3.12. The topological polar surface area (TPSA) is 59.0 Å². The number of halogens is 1. The van der Waals surface area contributed by atoms with E-state index in [0.717, 1.165) is 15.6 Å². The Balaban J connectivity index is 1.60. The highest BCUT2D eigenvalue weighted by molar-refractivity contribution is 9.10. The predicted molar refractivity (Wildman–Crippen MR) is 97.4 cm³/mol. The SMILES string of the molecule is Cc1ccc(N2C(=O)C[C@]3(CC(c4ccc(Br)cc4)=NO3)C2=O)cc1. The molecule has 2 aliphatic heterocycles. The van der Waals surface area contributed by atoms with E-state index in [1.807, 2.05) is 43.3 Å². The molecule has 0 bridgehead atoms. The molecule has 2 heterocycles. The lowest BCUT2D eigenvalue weighted by atomic mass is 9.92. The maximum atomic E-state index is 13.0. The van der Waals surface area contributed by atoms with Crippen molar-refractivity contribution < 1.29 is 14.4 Å². The van der Waals surface area contributed by atoms with Crippen molar-refractivity contribution in [3.8, 4) is 0 Å². The molecular weight excluding hydrogens is 384 g/mol. The fourth-order valence-corrected chi connectivity index (χ4v) is 3.42. The summed E-state index contributed by atoms with van der Waals surface area (Å²) in [5.74, 6) is -0.613. The number of imide groups is 1. The third kappa shape index (κ3) is 2.66. The zero-order valence-electron chi connectivity index (χ0n) is 13.5. The fourth-order valence-electron chi connectivity index (χ4n) is 3.16. The molecule has 2 amide bonds. The Morgan fingerprint density at radius 2 is 1.72 bits per heavy atom. The number of amides is 2. The number of aryl methyl sites for hydroxylation is 1. The van der Waals surface area contributed by atoms with E-state index in [1.54, 1.807) is 12.1 Å². The van der Waals surface area contributed by atoms with Crippen molar-refractivity contribution in [1.29, 1.82) is 0 Å². The molecule has 2 aromatic carbocycles. The molecule has 2 aromatic rings. The van der Waals surface area contributed by atoms with Crippen molar-refractivity contribution in [1.82, 2.24) is 0 Å². The third-order valence-electron chi connectivity index (χ3n) is 4.53. The van der Waals surface area contributed by atoms with E-state index in [2.05, 4.69) is 21.1 Å². The molecule has 0 radical (unpaired) electrons. The highest BCUT2D eigenvalue weighted by Crippen LogP contribution is 2.39. The summed E-state index contributed by atoms with van der Waals surface area (Å²) < 4.78 is 0.961. The number of hydrogen-bond donors (Lipinski definition) is 0. The minimum atomic E-state index is -1.22. The molecule has 1 fully saturated rings. The van der Waals surface area contributed by atoms with Crippen LogP contribution >= 0.6 is 15.9 Å². The van der Waals surface area contributed by atoms with Gasteiger partial charge in [-0.1, -0.05) is 50.9 Å². The van der Waals surface area contributed by atoms with Gasteiger partial charge in [0.2, 0.25) is 11.5 Å². The van der Waals surface area contributed by atoms with Crippen molar-refractivity contribution in [2.75, 3.05) is 4.90 Å². The minimum Gasteiger partial charge on any atom is -0.378 e. The number of nitrogens with zero attached hydrogens (tertiary/aromatic N) is 2. The molecule has 0 N–H and O–H groups in total. The first-order valence-corrected chi connectivity index (χ1v) is 8.73. The monoisotopic (exact) mass is 398 g/mol. The molecule has 126 valence electrons. The first kappa shape index (κ1) is 16.0. The second kappa shape index (κ2) is 5.81. The van der Waals surface area contributed by atoms with E-state index >= 15 is 0 Å². The molecule has 0 aromatic heterocycles. The van der Waals surface area contributed by atoms with Gasteiger partial charge in [0.15, 0.2) is 0 Å². The molecule has 4 rings (SSSR count). The normalized spacial score (nSPS) is 22.5. The molecule has 5 nitrogen and oxygen atoms in total. The number of benzene rings is 2. The van der Waals surface area contributed by atoms with E-state index in [1.165, 1.54) is 4.90 Å². The Hall–Kier alpha value is -2.47. The molecule has 1 saturated heterocycles. The molecular formula is C19H15BrN2O3. The van der Waals surface area contributed by atoms with Crippen LogP contribution in [0.3, 0.4) is 0 Å². The number of carbonyl (C=O) groups excluding carboxylic acids is 2. The van der Waals surface area contributed by atoms with Gasteiger partial charge in [-0.25, -0.2) is 4.90 Å². The first-order valence-electron chi connectivity index (χ1n) is 7.94. The molecule has 6 heteroatoms. The van der Waals surface area contributed by atoms with E-state index < -0.39 is 5.60 Å². The summed E-state index contributed by atoms with van der Waals surface area (Å²) in [6.07, 6.45) is 0.296. The van der Waals surface area contributed by atoms with Gasteiger partial charge in [-0.15, -0.1) is 0 Å². The zero-order valence-corrected chi connectivity index (χ0v) is 15.1. The summed E-state index contributed by atoms with van der Waals surface area (Å²) in [6, 6.07) is 14.9. The van der Waals surface area contributed by atoms with Crippen molar-refractivity contribution in [2.24, 2.45) is 5.16 Å². The van der Waals surface area contributed by atoms with Crippen LogP contribution in [-0.2, 0) is 14.4 Å². The quantitative estimate of drug-likeness (QED) is 0.726. The lowest BCUT2D eigenvalue weighted by Crippen LogP contribution is -2.40. The molecule has 0 unspecified atom stereocenters. The number of hydrogen-bond acceptors (Lipinski definition) is 4. The molecule has 2 aliphatic rings. The highest BCUT2D eigenvalue weighted by atomic mass is 79.9. The van der Waals surface area contributed by atoms with Gasteiger partial charge in [-0.3, -0.25) is 9.59 Å². The number of rotatable bonds is 2. The van der Waals surface area contributed by atoms with E-state index in [4.69, 9.17) is 4.84 Å². The Bertz CT molecular complexity index is 890. The van der Waals surface area contributed by atoms with Gasteiger partial charge in [0, 0.05) is 10.9 Å². The summed E-state index contributed by atoms with van der Waals surface area (Å²) >= 11 is 3.39. The zero-order chi connectivity index (χ0) is 17.6. The van der Waals surface area contributed by atoms with Gasteiger partial charge in [-0.05, 0) is 36.8 Å². The van der Waals surface area contributed by atoms with Crippen molar-refractivity contribution in [2.45, 2.75) is 25.4 Å². The second-order valence-electron chi connectivity index (χ2n) is 6.35. The van der Waals surface area contributed by atoms with Crippen molar-refractivity contribution in [3.05, 3.63) is 64.1 Å². The van der Waals surface area contributed by atoms with Gasteiger partial charge >= 0.3 is 0 Å². The third-order valence-corrected chi connectivity index (χ3v) is 5.06. The number of oxime groups is 1. The van der Waals surface area contributed by atoms with Gasteiger partial charge in [-0.2, -0.15) is 0 Å². The standard InChI is InChI=1S/C19H15BrN2O3/c1-12-2-8-15(9-3-12)22-17(23)11-19(18(22)24)10-16(21-25-19)13-4-6-14(20)7-5-13/h2-9H,10-11H2,1H3/t19-/m1/s1. The maximum Gasteiger partial charge on any atom is 0.281 e. The van der Waals surface area contributed by atoms with Crippen molar-refractivity contribution in [3.63, 3.8) is 0 Å². The summed E-state index contributed by atoms with van der Waals surface area (Å²) in [5.41, 5.74) is 1.98. The van der Waals surface area contributed by atoms with Gasteiger partial charge < -0.3 is 4.84 Å². The lowest BCUT2D eigenvalue weighted by Gasteiger charge is -2.19. The van der Waals surface area contributed by atoms with Crippen LogP contribution < -0.4 is 4.90 Å². The Morgan fingerprint density at radius 1 is 1.04 bits per heavy atom. The molecule has 1 atom stereocenters. The molecule has 1 spiro atoms. The van der Waals surface area contributed by atoms with Crippen LogP contribution in [-0.4, -0.2) is 23.1 Å². The summed E-state index contributed by atoms with van der Waals surface area (Å²) in [6.45, 7) is 1.96. The maximum absolute atomic E-state index is 13.0. The van der Waals surface area contributed by atoms with Crippen LogP contribution in [0.15, 0.2) is 58.2 Å². The lowest BCUT2D eigenvalue weighted by molar-refractivity contribution is -0.136. The molecule has 0 saturated carbocycles. The van der Waals surface area contributed by atoms with Crippen LogP contribution in [0.1, 0.15) is 24.0 Å². The van der Waals surface area contributed by atoms with Crippen LogP contribution in [0, 0.1) is 6.92 Å². The van der Waals surface area contributed by atoms with E-state index in [-0.39, 0.29) is 18.2 Å². The molecule has 0 aliphatic carbocycles. The van der Waals surface area contributed by atoms with Gasteiger partial charge in [0.25, 0.3) is 5.91 Å². The largest absolute Gasteiger partial charge is 0.378 e. The highest BCUT2D eigenvalue weighted by Gasteiger charge is 2.57. The Kier molecular flexibility index (Phi) is 3.72. The number of carbonyl (C=O) groups is 2. The Labute approximate surface area is 153 Å². The van der Waals surface area contributed by atoms with Crippen LogP contribution in [0.2, 0.25) is 0 Å². The number of anilines is 1. The Morgan fingerprint density at radius 3 is 2.40 bits per heavy atom. The fraction of sp³-hybridized carbons (Fsp3) is 0.211.